The minimum absolute atomic E-state index is 0. The molecule has 0 saturated carbocycles. The van der Waals surface area contributed by atoms with Crippen molar-refractivity contribution in [2.24, 2.45) is 12.0 Å². The fourth-order valence-electron chi connectivity index (χ4n) is 2.52. The lowest BCUT2D eigenvalue weighted by molar-refractivity contribution is 0.0200. The van der Waals surface area contributed by atoms with Crippen molar-refractivity contribution in [2.45, 2.75) is 38.8 Å². The molecule has 1 aliphatic heterocycles. The van der Waals surface area contributed by atoms with E-state index in [0.29, 0.717) is 32.2 Å². The number of aliphatic imine (C=N–C) groups is 1. The molecule has 2 rings (SSSR count). The van der Waals surface area contributed by atoms with Gasteiger partial charge >= 0.3 is 0 Å². The third-order valence-corrected chi connectivity index (χ3v) is 5.34. The number of nitrogens with one attached hydrogen (secondary N) is 3. The van der Waals surface area contributed by atoms with Crippen LogP contribution in [-0.4, -0.2) is 67.2 Å². The molecule has 1 atom stereocenters. The van der Waals surface area contributed by atoms with Crippen molar-refractivity contribution in [1.82, 2.24) is 30.1 Å². The summed E-state index contributed by atoms with van der Waals surface area (Å²) < 4.78 is 34.0. The van der Waals surface area contributed by atoms with Gasteiger partial charge in [0.05, 0.1) is 11.9 Å². The molecule has 1 fully saturated rings. The van der Waals surface area contributed by atoms with Crippen molar-refractivity contribution >= 4 is 40.0 Å². The third-order valence-electron chi connectivity index (χ3n) is 4.00. The molecule has 0 spiro atoms. The van der Waals surface area contributed by atoms with Gasteiger partial charge in [-0.25, -0.2) is 23.1 Å². The quantitative estimate of drug-likeness (QED) is 0.240. The molecule has 1 aromatic rings. The molecule has 1 aliphatic rings. The molecule has 27 heavy (non-hydrogen) atoms. The Hall–Kier alpha value is -0.990. The zero-order valence-corrected chi connectivity index (χ0v) is 19.0. The summed E-state index contributed by atoms with van der Waals surface area (Å²) >= 11 is 0. The van der Waals surface area contributed by atoms with Crippen molar-refractivity contribution in [3.63, 3.8) is 0 Å². The molecule has 12 heteroatoms. The lowest BCUT2D eigenvalue weighted by atomic mass is 10.1. The van der Waals surface area contributed by atoms with Gasteiger partial charge in [-0.1, -0.05) is 0 Å². The zero-order chi connectivity index (χ0) is 18.8. The van der Waals surface area contributed by atoms with Crippen LogP contribution >= 0.6 is 24.0 Å². The van der Waals surface area contributed by atoms with Crippen LogP contribution in [0.2, 0.25) is 0 Å². The van der Waals surface area contributed by atoms with Gasteiger partial charge in [0.25, 0.3) is 0 Å². The first-order chi connectivity index (χ1) is 12.5. The van der Waals surface area contributed by atoms with Crippen LogP contribution in [0.4, 0.5) is 0 Å². The number of hydrogen-bond donors (Lipinski definition) is 3. The maximum atomic E-state index is 12.1. The highest BCUT2D eigenvalue weighted by atomic mass is 127. The molecule has 0 amide bonds. The number of hydrogen-bond acceptors (Lipinski definition) is 6. The SMILES string of the molecule is CCNC(=NCc1ncnn1C)NCCS(=O)(=O)NCC1CCCCO1.I. The Kier molecular flexibility index (Phi) is 11.1. The van der Waals surface area contributed by atoms with E-state index in [9.17, 15) is 8.42 Å². The number of rotatable bonds is 9. The molecule has 0 radical (unpaired) electrons. The first-order valence-corrected chi connectivity index (χ1v) is 10.6. The van der Waals surface area contributed by atoms with Crippen LogP contribution in [-0.2, 0) is 28.4 Å². The van der Waals surface area contributed by atoms with E-state index in [4.69, 9.17) is 4.74 Å². The molecule has 0 aliphatic carbocycles. The minimum Gasteiger partial charge on any atom is -0.377 e. The lowest BCUT2D eigenvalue weighted by Gasteiger charge is -2.22. The van der Waals surface area contributed by atoms with Gasteiger partial charge in [-0.3, -0.25) is 4.68 Å². The number of aryl methyl sites for hydroxylation is 1. The number of guanidine groups is 1. The van der Waals surface area contributed by atoms with Gasteiger partial charge in [-0.2, -0.15) is 5.10 Å². The van der Waals surface area contributed by atoms with E-state index >= 15 is 0 Å². The predicted molar refractivity (Wildman–Crippen MR) is 115 cm³/mol. The second kappa shape index (κ2) is 12.5. The average Bonchev–Trinajstić information content (AvgIpc) is 3.04. The molecular formula is C15H30IN7O3S. The molecule has 1 saturated heterocycles. The third kappa shape index (κ3) is 9.17. The summed E-state index contributed by atoms with van der Waals surface area (Å²) in [6.45, 7) is 4.28. The Morgan fingerprint density at radius 3 is 2.85 bits per heavy atom. The molecule has 2 heterocycles. The van der Waals surface area contributed by atoms with Gasteiger partial charge in [-0.05, 0) is 26.2 Å². The standard InChI is InChI=1S/C15H29N7O3S.HI/c1-3-16-15(18-11-14-19-12-20-22(14)2)17-7-9-26(23,24)21-10-13-6-4-5-8-25-13;/h12-13,21H,3-11H2,1-2H3,(H2,16,17,18);1H. The Labute approximate surface area is 178 Å². The molecule has 156 valence electrons. The first kappa shape index (κ1) is 24.0. The predicted octanol–water partition coefficient (Wildman–Crippen LogP) is -0.0233. The fourth-order valence-corrected chi connectivity index (χ4v) is 3.47. The van der Waals surface area contributed by atoms with Crippen molar-refractivity contribution in [3.8, 4) is 0 Å². The Bertz CT molecular complexity index is 675. The van der Waals surface area contributed by atoms with E-state index in [2.05, 4.69) is 30.4 Å². The van der Waals surface area contributed by atoms with Gasteiger partial charge in [0.15, 0.2) is 5.96 Å². The van der Waals surface area contributed by atoms with Gasteiger partial charge in [-0.15, -0.1) is 24.0 Å². The van der Waals surface area contributed by atoms with Crippen molar-refractivity contribution in [3.05, 3.63) is 12.2 Å². The molecule has 10 nitrogen and oxygen atoms in total. The minimum atomic E-state index is -3.36. The summed E-state index contributed by atoms with van der Waals surface area (Å²) in [5.74, 6) is 1.24. The summed E-state index contributed by atoms with van der Waals surface area (Å²) in [7, 11) is -1.56. The van der Waals surface area contributed by atoms with E-state index in [1.807, 2.05) is 6.92 Å². The van der Waals surface area contributed by atoms with Crippen molar-refractivity contribution in [2.75, 3.05) is 32.0 Å². The molecule has 1 aromatic heterocycles. The van der Waals surface area contributed by atoms with Gasteiger partial charge < -0.3 is 15.4 Å². The maximum Gasteiger partial charge on any atom is 0.213 e. The normalized spacial score (nSPS) is 18.0. The maximum absolute atomic E-state index is 12.1. The smallest absolute Gasteiger partial charge is 0.213 e. The van der Waals surface area contributed by atoms with E-state index < -0.39 is 10.0 Å². The lowest BCUT2D eigenvalue weighted by Crippen LogP contribution is -2.42. The largest absolute Gasteiger partial charge is 0.377 e. The Morgan fingerprint density at radius 2 is 2.22 bits per heavy atom. The molecule has 0 bridgehead atoms. The summed E-state index contributed by atoms with van der Waals surface area (Å²) in [6, 6.07) is 0. The Balaban J connectivity index is 0.00000364. The topological polar surface area (TPSA) is 123 Å². The van der Waals surface area contributed by atoms with Gasteiger partial charge in [0.1, 0.15) is 18.7 Å². The number of nitrogens with zero attached hydrogens (tertiary/aromatic N) is 4. The van der Waals surface area contributed by atoms with Gasteiger partial charge in [0.2, 0.25) is 10.0 Å². The number of ether oxygens (including phenoxy) is 1. The number of halogens is 1. The second-order valence-electron chi connectivity index (χ2n) is 6.08. The van der Waals surface area contributed by atoms with Crippen LogP contribution in [0.1, 0.15) is 32.0 Å². The summed E-state index contributed by atoms with van der Waals surface area (Å²) in [5, 5.41) is 10.1. The van der Waals surface area contributed by atoms with Gasteiger partial charge in [0, 0.05) is 33.3 Å². The summed E-state index contributed by atoms with van der Waals surface area (Å²) in [4.78, 5) is 8.50. The van der Waals surface area contributed by atoms with E-state index in [-0.39, 0.29) is 42.4 Å². The summed E-state index contributed by atoms with van der Waals surface area (Å²) in [5.41, 5.74) is 0. The molecule has 1 unspecified atom stereocenters. The molecular weight excluding hydrogens is 485 g/mol. The molecule has 3 N–H and O–H groups in total. The van der Waals surface area contributed by atoms with E-state index in [1.165, 1.54) is 6.33 Å². The van der Waals surface area contributed by atoms with E-state index in [0.717, 1.165) is 25.1 Å². The van der Waals surface area contributed by atoms with Crippen LogP contribution in [0.25, 0.3) is 0 Å². The number of aromatic nitrogens is 3. The highest BCUT2D eigenvalue weighted by Crippen LogP contribution is 2.11. The van der Waals surface area contributed by atoms with Crippen LogP contribution < -0.4 is 15.4 Å². The highest BCUT2D eigenvalue weighted by Gasteiger charge is 2.17. The zero-order valence-electron chi connectivity index (χ0n) is 15.8. The average molecular weight is 515 g/mol. The summed E-state index contributed by atoms with van der Waals surface area (Å²) in [6.07, 6.45) is 4.49. The second-order valence-corrected chi connectivity index (χ2v) is 8.00. The first-order valence-electron chi connectivity index (χ1n) is 8.94. The molecule has 0 aromatic carbocycles. The monoisotopic (exact) mass is 515 g/mol. The van der Waals surface area contributed by atoms with Crippen LogP contribution in [0.15, 0.2) is 11.3 Å². The van der Waals surface area contributed by atoms with Crippen LogP contribution in [0.3, 0.4) is 0 Å². The highest BCUT2D eigenvalue weighted by molar-refractivity contribution is 14.0. The Morgan fingerprint density at radius 1 is 1.41 bits per heavy atom. The van der Waals surface area contributed by atoms with E-state index in [1.54, 1.807) is 11.7 Å². The van der Waals surface area contributed by atoms with Crippen LogP contribution in [0.5, 0.6) is 0 Å². The van der Waals surface area contributed by atoms with Crippen LogP contribution in [0, 0.1) is 0 Å². The fraction of sp³-hybridized carbons (Fsp3) is 0.800. The number of sulfonamides is 1. The van der Waals surface area contributed by atoms with Crippen molar-refractivity contribution < 1.29 is 13.2 Å². The van der Waals surface area contributed by atoms with Crippen molar-refractivity contribution in [1.29, 1.82) is 0 Å².